The van der Waals surface area contributed by atoms with Crippen molar-refractivity contribution in [1.82, 2.24) is 5.32 Å². The molecule has 1 N–H and O–H groups in total. The zero-order valence-electron chi connectivity index (χ0n) is 10.9. The Morgan fingerprint density at radius 1 is 1.37 bits per heavy atom. The van der Waals surface area contributed by atoms with Crippen molar-refractivity contribution < 1.29 is 17.9 Å². The standard InChI is InChI=1S/C13H17ClF3NO/c1-3-6-18-11(8-13(15,16)17)9-4-5-10(14)12(7-9)19-2/h4-5,7,11,18H,3,6,8H2,1-2H3. The third kappa shape index (κ3) is 5.28. The number of benzene rings is 1. The van der Waals surface area contributed by atoms with E-state index in [-0.39, 0.29) is 0 Å². The van der Waals surface area contributed by atoms with Crippen LogP contribution in [0, 0.1) is 0 Å². The number of alkyl halides is 3. The van der Waals surface area contributed by atoms with Gasteiger partial charge in [-0.2, -0.15) is 13.2 Å². The van der Waals surface area contributed by atoms with Crippen LogP contribution in [-0.2, 0) is 0 Å². The lowest BCUT2D eigenvalue weighted by Gasteiger charge is -2.21. The van der Waals surface area contributed by atoms with Crippen molar-refractivity contribution in [1.29, 1.82) is 0 Å². The van der Waals surface area contributed by atoms with Gasteiger partial charge in [-0.15, -0.1) is 0 Å². The molecular formula is C13H17ClF3NO. The minimum atomic E-state index is -4.22. The van der Waals surface area contributed by atoms with Crippen LogP contribution >= 0.6 is 11.6 Å². The van der Waals surface area contributed by atoms with Crippen LogP contribution in [0.2, 0.25) is 5.02 Å². The van der Waals surface area contributed by atoms with Crippen LogP contribution in [-0.4, -0.2) is 19.8 Å². The van der Waals surface area contributed by atoms with Gasteiger partial charge in [-0.05, 0) is 30.7 Å². The van der Waals surface area contributed by atoms with Crippen LogP contribution in [0.3, 0.4) is 0 Å². The Morgan fingerprint density at radius 2 is 2.05 bits per heavy atom. The zero-order chi connectivity index (χ0) is 14.5. The quantitative estimate of drug-likeness (QED) is 0.843. The third-order valence-electron chi connectivity index (χ3n) is 2.65. The summed E-state index contributed by atoms with van der Waals surface area (Å²) in [6.07, 6.45) is -4.38. The lowest BCUT2D eigenvalue weighted by molar-refractivity contribution is -0.140. The molecule has 2 nitrogen and oxygen atoms in total. The third-order valence-corrected chi connectivity index (χ3v) is 2.97. The largest absolute Gasteiger partial charge is 0.495 e. The molecule has 0 heterocycles. The summed E-state index contributed by atoms with van der Waals surface area (Å²) in [4.78, 5) is 0. The zero-order valence-corrected chi connectivity index (χ0v) is 11.6. The van der Waals surface area contributed by atoms with Crippen LogP contribution in [0.4, 0.5) is 13.2 Å². The maximum absolute atomic E-state index is 12.6. The first-order valence-electron chi connectivity index (χ1n) is 6.01. The Morgan fingerprint density at radius 3 is 2.58 bits per heavy atom. The van der Waals surface area contributed by atoms with Gasteiger partial charge in [0.25, 0.3) is 0 Å². The first kappa shape index (κ1) is 16.1. The van der Waals surface area contributed by atoms with Gasteiger partial charge in [0.05, 0.1) is 18.6 Å². The molecule has 0 aliphatic carbocycles. The summed E-state index contributed by atoms with van der Waals surface area (Å²) in [5.74, 6) is 0.379. The molecule has 0 spiro atoms. The topological polar surface area (TPSA) is 21.3 Å². The Kier molecular flexibility index (Phi) is 5.94. The van der Waals surface area contributed by atoms with Gasteiger partial charge < -0.3 is 10.1 Å². The highest BCUT2D eigenvalue weighted by Crippen LogP contribution is 2.33. The molecule has 0 radical (unpaired) electrons. The maximum Gasteiger partial charge on any atom is 0.390 e. The Bertz CT molecular complexity index is 409. The van der Waals surface area contributed by atoms with E-state index in [9.17, 15) is 13.2 Å². The van der Waals surface area contributed by atoms with Crippen molar-refractivity contribution in [3.63, 3.8) is 0 Å². The molecule has 0 fully saturated rings. The van der Waals surface area contributed by atoms with E-state index < -0.39 is 18.6 Å². The van der Waals surface area contributed by atoms with E-state index in [4.69, 9.17) is 16.3 Å². The Labute approximate surface area is 115 Å². The molecule has 1 aromatic rings. The smallest absolute Gasteiger partial charge is 0.390 e. The summed E-state index contributed by atoms with van der Waals surface area (Å²) >= 11 is 5.87. The molecule has 0 aliphatic rings. The number of hydrogen-bond donors (Lipinski definition) is 1. The van der Waals surface area contributed by atoms with Crippen LogP contribution in [0.25, 0.3) is 0 Å². The summed E-state index contributed by atoms with van der Waals surface area (Å²) in [6, 6.07) is 3.89. The second-order valence-corrected chi connectivity index (χ2v) is 4.63. The van der Waals surface area contributed by atoms with E-state index in [2.05, 4.69) is 5.32 Å². The molecule has 1 aromatic carbocycles. The summed E-state index contributed by atoms with van der Waals surface area (Å²) in [6.45, 7) is 2.42. The number of rotatable bonds is 6. The number of halogens is 4. The van der Waals surface area contributed by atoms with Gasteiger partial charge in [0, 0.05) is 6.04 Å². The van der Waals surface area contributed by atoms with Crippen LogP contribution < -0.4 is 10.1 Å². The summed E-state index contributed by atoms with van der Waals surface area (Å²) < 4.78 is 42.8. The fourth-order valence-corrected chi connectivity index (χ4v) is 1.95. The van der Waals surface area contributed by atoms with Crippen molar-refractivity contribution in [3.8, 4) is 5.75 Å². The molecule has 6 heteroatoms. The first-order chi connectivity index (χ1) is 8.87. The summed E-state index contributed by atoms with van der Waals surface area (Å²) in [5.41, 5.74) is 0.520. The highest BCUT2D eigenvalue weighted by molar-refractivity contribution is 6.32. The van der Waals surface area contributed by atoms with E-state index in [1.54, 1.807) is 18.2 Å². The van der Waals surface area contributed by atoms with Crippen LogP contribution in [0.5, 0.6) is 5.75 Å². The number of ether oxygens (including phenoxy) is 1. The van der Waals surface area contributed by atoms with Gasteiger partial charge in [-0.25, -0.2) is 0 Å². The number of hydrogen-bond acceptors (Lipinski definition) is 2. The second kappa shape index (κ2) is 7.01. The van der Waals surface area contributed by atoms with Gasteiger partial charge in [-0.3, -0.25) is 0 Å². The predicted octanol–water partition coefficient (Wildman–Crippen LogP) is 4.34. The maximum atomic E-state index is 12.6. The van der Waals surface area contributed by atoms with E-state index >= 15 is 0 Å². The lowest BCUT2D eigenvalue weighted by Crippen LogP contribution is -2.27. The molecule has 1 unspecified atom stereocenters. The van der Waals surface area contributed by atoms with E-state index in [1.807, 2.05) is 6.92 Å². The fourth-order valence-electron chi connectivity index (χ4n) is 1.75. The van der Waals surface area contributed by atoms with Crippen molar-refractivity contribution in [2.24, 2.45) is 0 Å². The molecule has 0 aromatic heterocycles. The molecule has 1 atom stereocenters. The average Bonchev–Trinajstić information content (AvgIpc) is 2.34. The van der Waals surface area contributed by atoms with Gasteiger partial charge in [0.1, 0.15) is 5.75 Å². The number of methoxy groups -OCH3 is 1. The monoisotopic (exact) mass is 295 g/mol. The van der Waals surface area contributed by atoms with Crippen LogP contribution in [0.15, 0.2) is 18.2 Å². The first-order valence-corrected chi connectivity index (χ1v) is 6.38. The Balaban J connectivity index is 2.95. The lowest BCUT2D eigenvalue weighted by atomic mass is 10.0. The van der Waals surface area contributed by atoms with Gasteiger partial charge >= 0.3 is 6.18 Å². The van der Waals surface area contributed by atoms with Crippen molar-refractivity contribution >= 4 is 11.6 Å². The number of nitrogens with one attached hydrogen (secondary N) is 1. The van der Waals surface area contributed by atoms with Crippen molar-refractivity contribution in [2.45, 2.75) is 32.0 Å². The van der Waals surface area contributed by atoms with E-state index in [0.717, 1.165) is 6.42 Å². The Hall–Kier alpha value is -0.940. The molecule has 19 heavy (non-hydrogen) atoms. The van der Waals surface area contributed by atoms with E-state index in [0.29, 0.717) is 22.9 Å². The van der Waals surface area contributed by atoms with Crippen LogP contribution in [0.1, 0.15) is 31.4 Å². The van der Waals surface area contributed by atoms with Gasteiger partial charge in [0.2, 0.25) is 0 Å². The minimum Gasteiger partial charge on any atom is -0.495 e. The molecular weight excluding hydrogens is 279 g/mol. The normalized spacial score (nSPS) is 13.4. The molecule has 0 amide bonds. The molecule has 1 rings (SSSR count). The predicted molar refractivity (Wildman–Crippen MR) is 69.7 cm³/mol. The summed E-state index contributed by atoms with van der Waals surface area (Å²) in [7, 11) is 1.43. The molecule has 0 bridgehead atoms. The minimum absolute atomic E-state index is 0.379. The summed E-state index contributed by atoms with van der Waals surface area (Å²) in [5, 5.41) is 3.28. The van der Waals surface area contributed by atoms with Crippen molar-refractivity contribution in [2.75, 3.05) is 13.7 Å². The molecule has 0 saturated carbocycles. The van der Waals surface area contributed by atoms with Gasteiger partial charge in [-0.1, -0.05) is 24.6 Å². The SMILES string of the molecule is CCCNC(CC(F)(F)F)c1ccc(Cl)c(OC)c1. The average molecular weight is 296 g/mol. The molecule has 0 aliphatic heterocycles. The van der Waals surface area contributed by atoms with Crippen molar-refractivity contribution in [3.05, 3.63) is 28.8 Å². The second-order valence-electron chi connectivity index (χ2n) is 4.22. The van der Waals surface area contributed by atoms with E-state index in [1.165, 1.54) is 7.11 Å². The fraction of sp³-hybridized carbons (Fsp3) is 0.538. The molecule has 0 saturated heterocycles. The highest BCUT2D eigenvalue weighted by atomic mass is 35.5. The van der Waals surface area contributed by atoms with Gasteiger partial charge in [0.15, 0.2) is 0 Å². The molecule has 108 valence electrons. The highest BCUT2D eigenvalue weighted by Gasteiger charge is 2.32.